The number of aryl methyl sites for hydroxylation is 2. The number of amides is 1. The maximum Gasteiger partial charge on any atom is 0.223 e. The molecule has 0 atom stereocenters. The molecule has 1 saturated heterocycles. The van der Waals surface area contributed by atoms with Gasteiger partial charge >= 0.3 is 0 Å². The largest absolute Gasteiger partial charge is 0.370 e. The molecule has 5 heteroatoms. The summed E-state index contributed by atoms with van der Waals surface area (Å²) in [4.78, 5) is 25.6. The van der Waals surface area contributed by atoms with Crippen LogP contribution in [0.25, 0.3) is 0 Å². The van der Waals surface area contributed by atoms with Gasteiger partial charge in [-0.25, -0.2) is 0 Å². The standard InChI is InChI=1S/C19H22N4O/c1-13-6-14(2)21-18-12-23(11-17(13)18)19(24)7-15-9-22(10-15)16-4-3-5-20-8-16/h3-6,8,15H,7,9-12H2,1-2H3. The van der Waals surface area contributed by atoms with E-state index in [0.29, 0.717) is 25.4 Å². The fraction of sp³-hybridized carbons (Fsp3) is 0.421. The van der Waals surface area contributed by atoms with Crippen LogP contribution in [0.5, 0.6) is 0 Å². The zero-order valence-corrected chi connectivity index (χ0v) is 14.2. The van der Waals surface area contributed by atoms with E-state index >= 15 is 0 Å². The summed E-state index contributed by atoms with van der Waals surface area (Å²) in [6.45, 7) is 7.38. The number of nitrogens with zero attached hydrogens (tertiary/aromatic N) is 4. The van der Waals surface area contributed by atoms with Crippen molar-refractivity contribution in [1.29, 1.82) is 0 Å². The van der Waals surface area contributed by atoms with Crippen LogP contribution in [0.15, 0.2) is 30.6 Å². The second-order valence-corrected chi connectivity index (χ2v) is 6.94. The van der Waals surface area contributed by atoms with Gasteiger partial charge in [0.1, 0.15) is 0 Å². The number of carbonyl (C=O) groups excluding carboxylic acids is 1. The Balaban J connectivity index is 1.33. The summed E-state index contributed by atoms with van der Waals surface area (Å²) in [6.07, 6.45) is 4.29. The van der Waals surface area contributed by atoms with Gasteiger partial charge in [0.15, 0.2) is 0 Å². The Morgan fingerprint density at radius 2 is 2.12 bits per heavy atom. The molecule has 0 bridgehead atoms. The third kappa shape index (κ3) is 2.75. The Morgan fingerprint density at radius 1 is 1.29 bits per heavy atom. The Labute approximate surface area is 142 Å². The van der Waals surface area contributed by atoms with E-state index in [1.54, 1.807) is 6.20 Å². The Hall–Kier alpha value is -2.43. The fourth-order valence-electron chi connectivity index (χ4n) is 3.72. The lowest BCUT2D eigenvalue weighted by Crippen LogP contribution is -2.48. The molecule has 0 aliphatic carbocycles. The number of aromatic nitrogens is 2. The van der Waals surface area contributed by atoms with Crippen molar-refractivity contribution in [3.63, 3.8) is 0 Å². The highest BCUT2D eigenvalue weighted by Gasteiger charge is 2.32. The van der Waals surface area contributed by atoms with Gasteiger partial charge in [0, 0.05) is 43.9 Å². The van der Waals surface area contributed by atoms with Crippen LogP contribution >= 0.6 is 0 Å². The van der Waals surface area contributed by atoms with E-state index in [0.717, 1.165) is 30.2 Å². The van der Waals surface area contributed by atoms with Gasteiger partial charge in [0.2, 0.25) is 5.91 Å². The van der Waals surface area contributed by atoms with E-state index in [-0.39, 0.29) is 5.91 Å². The van der Waals surface area contributed by atoms with Crippen molar-refractivity contribution in [1.82, 2.24) is 14.9 Å². The summed E-state index contributed by atoms with van der Waals surface area (Å²) in [5.74, 6) is 0.693. The quantitative estimate of drug-likeness (QED) is 0.871. The lowest BCUT2D eigenvalue weighted by molar-refractivity contribution is -0.133. The van der Waals surface area contributed by atoms with Gasteiger partial charge in [-0.15, -0.1) is 0 Å². The third-order valence-electron chi connectivity index (χ3n) is 5.03. The number of hydrogen-bond donors (Lipinski definition) is 0. The van der Waals surface area contributed by atoms with E-state index in [9.17, 15) is 4.79 Å². The van der Waals surface area contributed by atoms with Gasteiger partial charge in [-0.1, -0.05) is 0 Å². The highest BCUT2D eigenvalue weighted by Crippen LogP contribution is 2.29. The molecule has 0 unspecified atom stereocenters. The Morgan fingerprint density at radius 3 is 2.88 bits per heavy atom. The minimum absolute atomic E-state index is 0.251. The Bertz CT molecular complexity index is 768. The van der Waals surface area contributed by atoms with E-state index in [1.165, 1.54) is 11.1 Å². The van der Waals surface area contributed by atoms with Crippen molar-refractivity contribution in [3.05, 3.63) is 53.1 Å². The SMILES string of the molecule is Cc1cc(C)c2c(n1)CN(C(=O)CC1CN(c3cccnc3)C1)C2. The van der Waals surface area contributed by atoms with Crippen LogP contribution in [0.1, 0.15) is 28.9 Å². The molecule has 2 aliphatic heterocycles. The number of fused-ring (bicyclic) bond motifs is 1. The summed E-state index contributed by atoms with van der Waals surface area (Å²) in [5.41, 5.74) is 5.74. The minimum atomic E-state index is 0.251. The van der Waals surface area contributed by atoms with Gasteiger partial charge < -0.3 is 9.80 Å². The first-order valence-corrected chi connectivity index (χ1v) is 8.49. The van der Waals surface area contributed by atoms with Crippen LogP contribution in [0.2, 0.25) is 0 Å². The van der Waals surface area contributed by atoms with E-state index in [1.807, 2.05) is 24.1 Å². The van der Waals surface area contributed by atoms with Gasteiger partial charge in [-0.05, 0) is 43.2 Å². The predicted octanol–water partition coefficient (Wildman–Crippen LogP) is 2.46. The molecule has 2 aliphatic rings. The van der Waals surface area contributed by atoms with Crippen LogP contribution in [-0.2, 0) is 17.9 Å². The molecule has 0 radical (unpaired) electrons. The number of carbonyl (C=O) groups is 1. The zero-order chi connectivity index (χ0) is 16.7. The average molecular weight is 322 g/mol. The van der Waals surface area contributed by atoms with Crippen molar-refractivity contribution < 1.29 is 4.79 Å². The van der Waals surface area contributed by atoms with E-state index in [4.69, 9.17) is 0 Å². The first-order valence-electron chi connectivity index (χ1n) is 8.49. The van der Waals surface area contributed by atoms with Gasteiger partial charge in [0.25, 0.3) is 0 Å². The van der Waals surface area contributed by atoms with Crippen molar-refractivity contribution in [3.8, 4) is 0 Å². The number of hydrogen-bond acceptors (Lipinski definition) is 4. The molecule has 2 aromatic rings. The van der Waals surface area contributed by atoms with Crippen molar-refractivity contribution in [2.75, 3.05) is 18.0 Å². The number of rotatable bonds is 3. The molecule has 0 spiro atoms. The maximum absolute atomic E-state index is 12.6. The van der Waals surface area contributed by atoms with Crippen LogP contribution in [0.4, 0.5) is 5.69 Å². The van der Waals surface area contributed by atoms with Gasteiger partial charge in [-0.2, -0.15) is 0 Å². The monoisotopic (exact) mass is 322 g/mol. The lowest BCUT2D eigenvalue weighted by atomic mass is 9.95. The molecule has 1 amide bonds. The van der Waals surface area contributed by atoms with Crippen molar-refractivity contribution in [2.24, 2.45) is 5.92 Å². The molecule has 0 aromatic carbocycles. The highest BCUT2D eigenvalue weighted by molar-refractivity contribution is 5.77. The summed E-state index contributed by atoms with van der Waals surface area (Å²) in [6, 6.07) is 6.12. The molecule has 124 valence electrons. The smallest absolute Gasteiger partial charge is 0.223 e. The predicted molar refractivity (Wildman–Crippen MR) is 92.5 cm³/mol. The normalized spacial score (nSPS) is 16.9. The molecule has 1 fully saturated rings. The van der Waals surface area contributed by atoms with E-state index in [2.05, 4.69) is 33.9 Å². The minimum Gasteiger partial charge on any atom is -0.370 e. The van der Waals surface area contributed by atoms with Crippen LogP contribution in [0.3, 0.4) is 0 Å². The van der Waals surface area contributed by atoms with Gasteiger partial charge in [-0.3, -0.25) is 14.8 Å². The molecule has 5 nitrogen and oxygen atoms in total. The second kappa shape index (κ2) is 5.89. The van der Waals surface area contributed by atoms with Crippen molar-refractivity contribution in [2.45, 2.75) is 33.4 Å². The summed E-state index contributed by atoms with van der Waals surface area (Å²) >= 11 is 0. The molecule has 0 N–H and O–H groups in total. The molecule has 2 aromatic heterocycles. The molecular weight excluding hydrogens is 300 g/mol. The fourth-order valence-corrected chi connectivity index (χ4v) is 3.72. The Kier molecular flexibility index (Phi) is 3.71. The second-order valence-electron chi connectivity index (χ2n) is 6.94. The molecule has 4 rings (SSSR count). The topological polar surface area (TPSA) is 49.3 Å². The zero-order valence-electron chi connectivity index (χ0n) is 14.2. The van der Waals surface area contributed by atoms with Gasteiger partial charge in [0.05, 0.1) is 24.1 Å². The summed E-state index contributed by atoms with van der Waals surface area (Å²) < 4.78 is 0. The average Bonchev–Trinajstić information content (AvgIpc) is 2.95. The first-order chi connectivity index (χ1) is 11.6. The van der Waals surface area contributed by atoms with Crippen LogP contribution in [0, 0.1) is 19.8 Å². The maximum atomic E-state index is 12.6. The summed E-state index contributed by atoms with van der Waals surface area (Å²) in [7, 11) is 0. The molecule has 4 heterocycles. The highest BCUT2D eigenvalue weighted by atomic mass is 16.2. The summed E-state index contributed by atoms with van der Waals surface area (Å²) in [5, 5.41) is 0. The first kappa shape index (κ1) is 15.1. The van der Waals surface area contributed by atoms with E-state index < -0.39 is 0 Å². The molecular formula is C19H22N4O. The molecule has 0 saturated carbocycles. The van der Waals surface area contributed by atoms with Crippen molar-refractivity contribution >= 4 is 11.6 Å². The number of pyridine rings is 2. The molecule has 24 heavy (non-hydrogen) atoms. The van der Waals surface area contributed by atoms with Crippen LogP contribution < -0.4 is 4.90 Å². The van der Waals surface area contributed by atoms with Crippen LogP contribution in [-0.4, -0.2) is 33.9 Å². The number of anilines is 1. The third-order valence-corrected chi connectivity index (χ3v) is 5.03. The lowest BCUT2D eigenvalue weighted by Gasteiger charge is -2.41.